The monoisotopic (exact) mass is 259 g/mol. The first-order chi connectivity index (χ1) is 9.05. The van der Waals surface area contributed by atoms with E-state index in [9.17, 15) is 14.7 Å². The third-order valence-electron chi connectivity index (χ3n) is 4.46. The van der Waals surface area contributed by atoms with E-state index in [2.05, 4.69) is 0 Å². The van der Waals surface area contributed by atoms with Gasteiger partial charge >= 0.3 is 0 Å². The number of hydrogen-bond donors (Lipinski definition) is 1. The van der Waals surface area contributed by atoms with Crippen LogP contribution < -0.4 is 4.90 Å². The minimum absolute atomic E-state index is 0.174. The Balaban J connectivity index is 2.05. The third kappa shape index (κ3) is 1.63. The number of imide groups is 1. The summed E-state index contributed by atoms with van der Waals surface area (Å²) in [5.41, 5.74) is -0.148. The predicted molar refractivity (Wildman–Crippen MR) is 70.4 cm³/mol. The zero-order valence-corrected chi connectivity index (χ0v) is 10.9. The molecule has 19 heavy (non-hydrogen) atoms. The number of para-hydroxylation sites is 1. The van der Waals surface area contributed by atoms with Crippen LogP contribution in [0, 0.1) is 11.3 Å². The summed E-state index contributed by atoms with van der Waals surface area (Å²) in [4.78, 5) is 26.4. The number of aliphatic hydroxyl groups is 1. The molecule has 1 saturated heterocycles. The summed E-state index contributed by atoms with van der Waals surface area (Å²) in [6, 6.07) is 8.96. The summed E-state index contributed by atoms with van der Waals surface area (Å²) in [5.74, 6) is -1.02. The highest BCUT2D eigenvalue weighted by molar-refractivity contribution is 6.23. The Morgan fingerprint density at radius 1 is 1.26 bits per heavy atom. The van der Waals surface area contributed by atoms with Gasteiger partial charge < -0.3 is 5.11 Å². The molecule has 0 spiro atoms. The van der Waals surface area contributed by atoms with Gasteiger partial charge in [-0.1, -0.05) is 18.2 Å². The summed E-state index contributed by atoms with van der Waals surface area (Å²) in [6.07, 6.45) is 1.35. The zero-order chi connectivity index (χ0) is 13.6. The molecule has 0 aromatic heterocycles. The molecular weight excluding hydrogens is 242 g/mol. The second-order valence-corrected chi connectivity index (χ2v) is 5.67. The fourth-order valence-electron chi connectivity index (χ4n) is 3.42. The van der Waals surface area contributed by atoms with E-state index in [1.54, 1.807) is 24.3 Å². The minimum atomic E-state index is -0.745. The second kappa shape index (κ2) is 4.17. The molecule has 3 atom stereocenters. The van der Waals surface area contributed by atoms with Gasteiger partial charge in [0.15, 0.2) is 0 Å². The normalized spacial score (nSPS) is 34.5. The van der Waals surface area contributed by atoms with Crippen LogP contribution in [-0.2, 0) is 9.59 Å². The molecule has 1 aliphatic heterocycles. The topological polar surface area (TPSA) is 57.6 Å². The van der Waals surface area contributed by atoms with E-state index in [0.717, 1.165) is 6.42 Å². The minimum Gasteiger partial charge on any atom is -0.392 e. The maximum atomic E-state index is 12.6. The molecule has 0 bridgehead atoms. The Kier molecular flexibility index (Phi) is 2.71. The molecule has 100 valence electrons. The van der Waals surface area contributed by atoms with Crippen molar-refractivity contribution in [2.24, 2.45) is 11.3 Å². The molecule has 2 amide bonds. The Hall–Kier alpha value is -1.68. The van der Waals surface area contributed by atoms with Gasteiger partial charge in [0.2, 0.25) is 11.8 Å². The number of anilines is 1. The van der Waals surface area contributed by atoms with Crippen molar-refractivity contribution < 1.29 is 14.7 Å². The van der Waals surface area contributed by atoms with Gasteiger partial charge in [0.25, 0.3) is 0 Å². The van der Waals surface area contributed by atoms with Gasteiger partial charge in [-0.15, -0.1) is 0 Å². The number of carbonyl (C=O) groups excluding carboxylic acids is 2. The molecular formula is C15H17NO3. The first kappa shape index (κ1) is 12.4. The fraction of sp³-hybridized carbons (Fsp3) is 0.467. The average Bonchev–Trinajstić information content (AvgIpc) is 2.59. The first-order valence-corrected chi connectivity index (χ1v) is 6.67. The number of benzene rings is 1. The molecule has 1 aromatic rings. The summed E-state index contributed by atoms with van der Waals surface area (Å²) < 4.78 is 0. The molecule has 2 aliphatic rings. The van der Waals surface area contributed by atoms with E-state index in [4.69, 9.17) is 0 Å². The molecule has 4 heteroatoms. The maximum absolute atomic E-state index is 12.6. The molecule has 3 unspecified atom stereocenters. The van der Waals surface area contributed by atoms with Crippen LogP contribution in [0.4, 0.5) is 5.69 Å². The van der Waals surface area contributed by atoms with E-state index in [0.29, 0.717) is 18.5 Å². The Morgan fingerprint density at radius 2 is 1.95 bits per heavy atom. The van der Waals surface area contributed by atoms with Crippen molar-refractivity contribution in [1.29, 1.82) is 0 Å². The first-order valence-electron chi connectivity index (χ1n) is 6.67. The van der Waals surface area contributed by atoms with E-state index >= 15 is 0 Å². The molecule has 4 nitrogen and oxygen atoms in total. The summed E-state index contributed by atoms with van der Waals surface area (Å²) in [6.45, 7) is 1.81. The van der Waals surface area contributed by atoms with Gasteiger partial charge in [-0.25, -0.2) is 4.90 Å². The number of amides is 2. The molecule has 1 aromatic carbocycles. The van der Waals surface area contributed by atoms with Crippen molar-refractivity contribution in [3.63, 3.8) is 0 Å². The zero-order valence-electron chi connectivity index (χ0n) is 10.9. The number of hydrogen-bond acceptors (Lipinski definition) is 3. The van der Waals surface area contributed by atoms with Gasteiger partial charge in [0.1, 0.15) is 0 Å². The van der Waals surface area contributed by atoms with E-state index in [-0.39, 0.29) is 11.8 Å². The van der Waals surface area contributed by atoms with Gasteiger partial charge in [-0.05, 0) is 38.3 Å². The molecule has 1 N–H and O–H groups in total. The SMILES string of the molecule is CC12CCCC(O)C1C(=O)N(c1ccccc1)C2=O. The Bertz CT molecular complexity index is 527. The van der Waals surface area contributed by atoms with Crippen LogP contribution in [0.1, 0.15) is 26.2 Å². The second-order valence-electron chi connectivity index (χ2n) is 5.67. The smallest absolute Gasteiger partial charge is 0.240 e. The van der Waals surface area contributed by atoms with Gasteiger partial charge in [-0.2, -0.15) is 0 Å². The number of nitrogens with zero attached hydrogens (tertiary/aromatic N) is 1. The van der Waals surface area contributed by atoms with Crippen LogP contribution in [0.5, 0.6) is 0 Å². The van der Waals surface area contributed by atoms with Crippen LogP contribution in [0.25, 0.3) is 0 Å². The van der Waals surface area contributed by atoms with Crippen LogP contribution in [0.3, 0.4) is 0 Å². The van der Waals surface area contributed by atoms with Gasteiger partial charge in [-0.3, -0.25) is 9.59 Å². The Morgan fingerprint density at radius 3 is 2.58 bits per heavy atom. The predicted octanol–water partition coefficient (Wildman–Crippen LogP) is 1.73. The fourth-order valence-corrected chi connectivity index (χ4v) is 3.42. The van der Waals surface area contributed by atoms with Gasteiger partial charge in [0, 0.05) is 0 Å². The summed E-state index contributed by atoms with van der Waals surface area (Å²) in [7, 11) is 0. The lowest BCUT2D eigenvalue weighted by molar-refractivity contribution is -0.134. The highest BCUT2D eigenvalue weighted by atomic mass is 16.3. The molecule has 1 heterocycles. The summed E-state index contributed by atoms with van der Waals surface area (Å²) >= 11 is 0. The molecule has 1 saturated carbocycles. The number of fused-ring (bicyclic) bond motifs is 1. The van der Waals surface area contributed by atoms with Crippen molar-refractivity contribution in [3.05, 3.63) is 30.3 Å². The van der Waals surface area contributed by atoms with E-state index in [1.807, 2.05) is 13.0 Å². The number of aliphatic hydroxyl groups excluding tert-OH is 1. The number of rotatable bonds is 1. The van der Waals surface area contributed by atoms with Crippen LogP contribution >= 0.6 is 0 Å². The highest BCUT2D eigenvalue weighted by Crippen LogP contribution is 2.49. The quantitative estimate of drug-likeness (QED) is 0.781. The van der Waals surface area contributed by atoms with E-state index < -0.39 is 17.4 Å². The van der Waals surface area contributed by atoms with Crippen LogP contribution in [0.15, 0.2) is 30.3 Å². The molecule has 0 radical (unpaired) electrons. The molecule has 3 rings (SSSR count). The molecule has 1 aliphatic carbocycles. The lowest BCUT2D eigenvalue weighted by Crippen LogP contribution is -2.42. The van der Waals surface area contributed by atoms with Crippen LogP contribution in [-0.4, -0.2) is 23.0 Å². The van der Waals surface area contributed by atoms with Crippen LogP contribution in [0.2, 0.25) is 0 Å². The lowest BCUT2D eigenvalue weighted by Gasteiger charge is -2.34. The van der Waals surface area contributed by atoms with E-state index in [1.165, 1.54) is 4.90 Å². The maximum Gasteiger partial charge on any atom is 0.240 e. The largest absolute Gasteiger partial charge is 0.392 e. The van der Waals surface area contributed by atoms with Crippen molar-refractivity contribution in [2.75, 3.05) is 4.90 Å². The van der Waals surface area contributed by atoms with Crippen molar-refractivity contribution >= 4 is 17.5 Å². The van der Waals surface area contributed by atoms with Crippen molar-refractivity contribution in [1.82, 2.24) is 0 Å². The molecule has 2 fully saturated rings. The van der Waals surface area contributed by atoms with Crippen molar-refractivity contribution in [2.45, 2.75) is 32.3 Å². The van der Waals surface area contributed by atoms with Crippen molar-refractivity contribution in [3.8, 4) is 0 Å². The third-order valence-corrected chi connectivity index (χ3v) is 4.46. The standard InChI is InChI=1S/C15H17NO3/c1-15-9-5-8-11(17)12(15)13(18)16(14(15)19)10-6-3-2-4-7-10/h2-4,6-7,11-12,17H,5,8-9H2,1H3. The number of carbonyl (C=O) groups is 2. The lowest BCUT2D eigenvalue weighted by atomic mass is 9.68. The van der Waals surface area contributed by atoms with Gasteiger partial charge in [0.05, 0.1) is 23.1 Å². The highest BCUT2D eigenvalue weighted by Gasteiger charge is 2.60. The summed E-state index contributed by atoms with van der Waals surface area (Å²) in [5, 5.41) is 10.1. The Labute approximate surface area is 112 Å². The average molecular weight is 259 g/mol.